The predicted molar refractivity (Wildman–Crippen MR) is 103 cm³/mol. The Bertz CT molecular complexity index is 751. The molecule has 2 aromatic rings. The lowest BCUT2D eigenvalue weighted by Crippen LogP contribution is -2.34. The minimum absolute atomic E-state index is 0.695. The second-order valence-electron chi connectivity index (χ2n) is 7.15. The molecule has 0 radical (unpaired) electrons. The van der Waals surface area contributed by atoms with Crippen LogP contribution in [0.5, 0.6) is 17.2 Å². The van der Waals surface area contributed by atoms with Crippen LogP contribution in [-0.4, -0.2) is 38.3 Å². The van der Waals surface area contributed by atoms with Crippen LogP contribution in [0.1, 0.15) is 31.2 Å². The SMILES string of the molecule is COc1ccc(-c2cc3c(c(OC)c2)OCCN(C2CCCC2)C3)cc1. The lowest BCUT2D eigenvalue weighted by Gasteiger charge is -2.26. The van der Waals surface area contributed by atoms with Crippen molar-refractivity contribution in [3.63, 3.8) is 0 Å². The van der Waals surface area contributed by atoms with Crippen LogP contribution in [0.4, 0.5) is 0 Å². The Morgan fingerprint density at radius 2 is 1.73 bits per heavy atom. The largest absolute Gasteiger partial charge is 0.497 e. The van der Waals surface area contributed by atoms with Crippen LogP contribution in [0.3, 0.4) is 0 Å². The van der Waals surface area contributed by atoms with Gasteiger partial charge in [-0.1, -0.05) is 25.0 Å². The van der Waals surface area contributed by atoms with Crippen molar-refractivity contribution >= 4 is 0 Å². The molecule has 138 valence electrons. The summed E-state index contributed by atoms with van der Waals surface area (Å²) in [5.41, 5.74) is 3.53. The van der Waals surface area contributed by atoms with E-state index in [2.05, 4.69) is 29.2 Å². The summed E-state index contributed by atoms with van der Waals surface area (Å²) < 4.78 is 17.0. The molecule has 4 nitrogen and oxygen atoms in total. The maximum Gasteiger partial charge on any atom is 0.165 e. The summed E-state index contributed by atoms with van der Waals surface area (Å²) >= 11 is 0. The zero-order valence-electron chi connectivity index (χ0n) is 15.7. The van der Waals surface area contributed by atoms with E-state index in [4.69, 9.17) is 14.2 Å². The molecule has 1 aliphatic heterocycles. The molecule has 0 saturated heterocycles. The summed E-state index contributed by atoms with van der Waals surface area (Å²) in [7, 11) is 3.41. The number of methoxy groups -OCH3 is 2. The molecular weight excluding hydrogens is 326 g/mol. The summed E-state index contributed by atoms with van der Waals surface area (Å²) in [6.45, 7) is 2.64. The number of benzene rings is 2. The Balaban J connectivity index is 1.69. The Morgan fingerprint density at radius 3 is 2.42 bits per heavy atom. The second-order valence-corrected chi connectivity index (χ2v) is 7.15. The van der Waals surface area contributed by atoms with Crippen LogP contribution in [0.15, 0.2) is 36.4 Å². The van der Waals surface area contributed by atoms with Crippen molar-refractivity contribution in [2.75, 3.05) is 27.4 Å². The van der Waals surface area contributed by atoms with Crippen molar-refractivity contribution in [1.82, 2.24) is 4.90 Å². The molecule has 1 heterocycles. The van der Waals surface area contributed by atoms with E-state index in [9.17, 15) is 0 Å². The maximum absolute atomic E-state index is 6.10. The quantitative estimate of drug-likeness (QED) is 0.809. The average Bonchev–Trinajstić information content (AvgIpc) is 3.14. The van der Waals surface area contributed by atoms with Gasteiger partial charge in [-0.3, -0.25) is 4.90 Å². The molecule has 0 amide bonds. The Labute approximate surface area is 155 Å². The maximum atomic E-state index is 6.10. The summed E-state index contributed by atoms with van der Waals surface area (Å²) in [5.74, 6) is 2.60. The predicted octanol–water partition coefficient (Wildman–Crippen LogP) is 4.51. The molecule has 1 aliphatic carbocycles. The molecule has 26 heavy (non-hydrogen) atoms. The van der Waals surface area contributed by atoms with Gasteiger partial charge in [-0.15, -0.1) is 0 Å². The third kappa shape index (κ3) is 3.38. The van der Waals surface area contributed by atoms with E-state index in [1.54, 1.807) is 14.2 Å². The third-order valence-electron chi connectivity index (χ3n) is 5.61. The van der Waals surface area contributed by atoms with Crippen LogP contribution >= 0.6 is 0 Å². The molecule has 2 aliphatic rings. The normalized spacial score (nSPS) is 18.1. The summed E-state index contributed by atoms with van der Waals surface area (Å²) in [6, 6.07) is 13.2. The number of rotatable bonds is 4. The summed E-state index contributed by atoms with van der Waals surface area (Å²) in [6.07, 6.45) is 5.32. The lowest BCUT2D eigenvalue weighted by molar-refractivity contribution is 0.170. The van der Waals surface area contributed by atoms with Crippen LogP contribution in [0.25, 0.3) is 11.1 Å². The van der Waals surface area contributed by atoms with Crippen molar-refractivity contribution in [2.45, 2.75) is 38.3 Å². The van der Waals surface area contributed by atoms with Gasteiger partial charge >= 0.3 is 0 Å². The van der Waals surface area contributed by atoms with Crippen molar-refractivity contribution < 1.29 is 14.2 Å². The number of fused-ring (bicyclic) bond motifs is 1. The molecule has 1 saturated carbocycles. The molecule has 0 atom stereocenters. The highest BCUT2D eigenvalue weighted by molar-refractivity contribution is 5.70. The molecule has 0 unspecified atom stereocenters. The minimum atomic E-state index is 0.695. The highest BCUT2D eigenvalue weighted by Crippen LogP contribution is 2.39. The topological polar surface area (TPSA) is 30.9 Å². The highest BCUT2D eigenvalue weighted by Gasteiger charge is 2.27. The van der Waals surface area contributed by atoms with Gasteiger partial charge in [0.05, 0.1) is 14.2 Å². The Hall–Kier alpha value is -2.20. The van der Waals surface area contributed by atoms with E-state index in [0.29, 0.717) is 6.04 Å². The fourth-order valence-corrected chi connectivity index (χ4v) is 4.19. The van der Waals surface area contributed by atoms with Crippen molar-refractivity contribution in [3.8, 4) is 28.4 Å². The second kappa shape index (κ2) is 7.58. The van der Waals surface area contributed by atoms with E-state index in [1.807, 2.05) is 12.1 Å². The number of hydrogen-bond acceptors (Lipinski definition) is 4. The van der Waals surface area contributed by atoms with Gasteiger partial charge in [0.1, 0.15) is 12.4 Å². The first-order chi connectivity index (χ1) is 12.8. The van der Waals surface area contributed by atoms with Gasteiger partial charge in [0, 0.05) is 24.7 Å². The van der Waals surface area contributed by atoms with Crippen molar-refractivity contribution in [2.24, 2.45) is 0 Å². The van der Waals surface area contributed by atoms with Crippen molar-refractivity contribution in [3.05, 3.63) is 42.0 Å². The third-order valence-corrected chi connectivity index (χ3v) is 5.61. The first-order valence-corrected chi connectivity index (χ1v) is 9.50. The first kappa shape index (κ1) is 17.2. The van der Waals surface area contributed by atoms with E-state index in [-0.39, 0.29) is 0 Å². The van der Waals surface area contributed by atoms with Gasteiger partial charge in [0.25, 0.3) is 0 Å². The minimum Gasteiger partial charge on any atom is -0.497 e. The number of nitrogens with zero attached hydrogens (tertiary/aromatic N) is 1. The van der Waals surface area contributed by atoms with Crippen LogP contribution in [0, 0.1) is 0 Å². The lowest BCUT2D eigenvalue weighted by atomic mass is 10.0. The van der Waals surface area contributed by atoms with Crippen LogP contribution in [-0.2, 0) is 6.54 Å². The highest BCUT2D eigenvalue weighted by atomic mass is 16.5. The van der Waals surface area contributed by atoms with E-state index < -0.39 is 0 Å². The van der Waals surface area contributed by atoms with Crippen molar-refractivity contribution in [1.29, 1.82) is 0 Å². The molecule has 2 aromatic carbocycles. The standard InChI is InChI=1S/C22H27NO3/c1-24-20-9-7-16(8-10-20)17-13-18-15-23(19-5-3-4-6-19)11-12-26-22(18)21(14-17)25-2/h7-10,13-14,19H,3-6,11-12,15H2,1-2H3. The van der Waals surface area contributed by atoms with Gasteiger partial charge in [0.2, 0.25) is 0 Å². The molecule has 4 heteroatoms. The number of hydrogen-bond donors (Lipinski definition) is 0. The average molecular weight is 353 g/mol. The number of ether oxygens (including phenoxy) is 3. The van der Waals surface area contributed by atoms with E-state index >= 15 is 0 Å². The van der Waals surface area contributed by atoms with Gasteiger partial charge in [-0.05, 0) is 48.2 Å². The zero-order chi connectivity index (χ0) is 17.9. The molecule has 0 N–H and O–H groups in total. The van der Waals surface area contributed by atoms with E-state index in [1.165, 1.54) is 31.2 Å². The van der Waals surface area contributed by atoms with Crippen LogP contribution in [0.2, 0.25) is 0 Å². The van der Waals surface area contributed by atoms with Gasteiger partial charge in [-0.2, -0.15) is 0 Å². The smallest absolute Gasteiger partial charge is 0.165 e. The summed E-state index contributed by atoms with van der Waals surface area (Å²) in [5, 5.41) is 0. The first-order valence-electron chi connectivity index (χ1n) is 9.50. The molecule has 1 fully saturated rings. The fraction of sp³-hybridized carbons (Fsp3) is 0.455. The monoisotopic (exact) mass is 353 g/mol. The molecule has 0 spiro atoms. The Kier molecular flexibility index (Phi) is 5.02. The van der Waals surface area contributed by atoms with Gasteiger partial charge < -0.3 is 14.2 Å². The molecule has 0 bridgehead atoms. The zero-order valence-corrected chi connectivity index (χ0v) is 15.7. The summed E-state index contributed by atoms with van der Waals surface area (Å²) in [4.78, 5) is 2.59. The molecule has 4 rings (SSSR count). The fourth-order valence-electron chi connectivity index (χ4n) is 4.19. The molecular formula is C22H27NO3. The Morgan fingerprint density at radius 1 is 0.962 bits per heavy atom. The van der Waals surface area contributed by atoms with Crippen LogP contribution < -0.4 is 14.2 Å². The molecule has 0 aromatic heterocycles. The van der Waals surface area contributed by atoms with E-state index in [0.717, 1.165) is 48.1 Å². The van der Waals surface area contributed by atoms with Gasteiger partial charge in [-0.25, -0.2) is 0 Å². The van der Waals surface area contributed by atoms with Gasteiger partial charge in [0.15, 0.2) is 11.5 Å².